The van der Waals surface area contributed by atoms with Crippen LogP contribution in [0.15, 0.2) is 54.6 Å². The molecule has 0 saturated carbocycles. The lowest BCUT2D eigenvalue weighted by atomic mass is 10.2. The van der Waals surface area contributed by atoms with Gasteiger partial charge in [-0.1, -0.05) is 35.6 Å². The van der Waals surface area contributed by atoms with Gasteiger partial charge in [-0.05, 0) is 36.8 Å². The zero-order valence-electron chi connectivity index (χ0n) is 14.3. The van der Waals surface area contributed by atoms with E-state index in [4.69, 9.17) is 9.47 Å². The maximum absolute atomic E-state index is 12.3. The van der Waals surface area contributed by atoms with E-state index < -0.39 is 0 Å². The number of aryl methyl sites for hydroxylation is 1. The molecule has 0 spiro atoms. The van der Waals surface area contributed by atoms with Crippen molar-refractivity contribution in [3.63, 3.8) is 0 Å². The Morgan fingerprint density at radius 1 is 1.08 bits per heavy atom. The Morgan fingerprint density at radius 2 is 1.88 bits per heavy atom. The number of hydrogen-bond acceptors (Lipinski definition) is 6. The molecule has 1 heterocycles. The summed E-state index contributed by atoms with van der Waals surface area (Å²) >= 11 is 1.37. The van der Waals surface area contributed by atoms with E-state index in [-0.39, 0.29) is 5.91 Å². The Hall–Kier alpha value is -2.93. The molecule has 6 nitrogen and oxygen atoms in total. The first-order chi connectivity index (χ1) is 12.7. The highest BCUT2D eigenvalue weighted by Gasteiger charge is 2.11. The predicted octanol–water partition coefficient (Wildman–Crippen LogP) is 3.81. The third-order valence-corrected chi connectivity index (χ3v) is 4.46. The van der Waals surface area contributed by atoms with E-state index in [0.717, 1.165) is 23.6 Å². The Morgan fingerprint density at radius 3 is 2.69 bits per heavy atom. The summed E-state index contributed by atoms with van der Waals surface area (Å²) < 4.78 is 10.8. The molecule has 0 unspecified atom stereocenters. The number of carbonyl (C=O) groups is 1. The Labute approximate surface area is 155 Å². The predicted molar refractivity (Wildman–Crippen MR) is 101 cm³/mol. The standard InChI is InChI=1S/C19H19N3O3S/c1-24-16-10-5-7-14(13-16)18(23)20-19-22-21-17(26-19)11-6-12-25-15-8-3-2-4-9-15/h2-5,7-10,13H,6,11-12H2,1H3,(H,20,22,23). The fraction of sp³-hybridized carbons (Fsp3) is 0.211. The molecule has 0 saturated heterocycles. The largest absolute Gasteiger partial charge is 0.497 e. The van der Waals surface area contributed by atoms with Gasteiger partial charge < -0.3 is 9.47 Å². The van der Waals surface area contributed by atoms with Crippen LogP contribution in [0.25, 0.3) is 0 Å². The number of ether oxygens (including phenoxy) is 2. The summed E-state index contributed by atoms with van der Waals surface area (Å²) in [5.74, 6) is 1.25. The number of rotatable bonds is 8. The quantitative estimate of drug-likeness (QED) is 0.611. The second-order valence-corrected chi connectivity index (χ2v) is 6.51. The summed E-state index contributed by atoms with van der Waals surface area (Å²) in [4.78, 5) is 12.3. The van der Waals surface area contributed by atoms with E-state index in [9.17, 15) is 4.79 Å². The molecule has 2 aromatic carbocycles. The average Bonchev–Trinajstić information content (AvgIpc) is 3.13. The van der Waals surface area contributed by atoms with Crippen LogP contribution in [0.2, 0.25) is 0 Å². The summed E-state index contributed by atoms with van der Waals surface area (Å²) in [7, 11) is 1.57. The van der Waals surface area contributed by atoms with Gasteiger partial charge in [0, 0.05) is 12.0 Å². The fourth-order valence-electron chi connectivity index (χ4n) is 2.27. The number of para-hydroxylation sites is 1. The zero-order chi connectivity index (χ0) is 18.2. The number of aromatic nitrogens is 2. The van der Waals surface area contributed by atoms with Crippen molar-refractivity contribution in [2.45, 2.75) is 12.8 Å². The third kappa shape index (κ3) is 5.03. The smallest absolute Gasteiger partial charge is 0.257 e. The van der Waals surface area contributed by atoms with E-state index in [1.165, 1.54) is 11.3 Å². The normalized spacial score (nSPS) is 10.3. The Kier molecular flexibility index (Phi) is 6.16. The topological polar surface area (TPSA) is 73.3 Å². The summed E-state index contributed by atoms with van der Waals surface area (Å²) in [6.45, 7) is 0.606. The molecule has 3 rings (SSSR count). The van der Waals surface area contributed by atoms with Crippen LogP contribution < -0.4 is 14.8 Å². The van der Waals surface area contributed by atoms with Crippen LogP contribution in [-0.4, -0.2) is 29.8 Å². The van der Waals surface area contributed by atoms with Crippen molar-refractivity contribution in [3.8, 4) is 11.5 Å². The van der Waals surface area contributed by atoms with Gasteiger partial charge in [0.05, 0.1) is 13.7 Å². The highest BCUT2D eigenvalue weighted by Crippen LogP contribution is 2.19. The van der Waals surface area contributed by atoms with Crippen molar-refractivity contribution < 1.29 is 14.3 Å². The van der Waals surface area contributed by atoms with Crippen LogP contribution in [0.3, 0.4) is 0 Å². The van der Waals surface area contributed by atoms with E-state index in [1.54, 1.807) is 31.4 Å². The minimum Gasteiger partial charge on any atom is -0.497 e. The number of carbonyl (C=O) groups excluding carboxylic acids is 1. The first-order valence-corrected chi connectivity index (χ1v) is 9.02. The average molecular weight is 369 g/mol. The number of anilines is 1. The van der Waals surface area contributed by atoms with Crippen LogP contribution in [0.5, 0.6) is 11.5 Å². The lowest BCUT2D eigenvalue weighted by molar-refractivity contribution is 0.102. The van der Waals surface area contributed by atoms with Gasteiger partial charge in [0.25, 0.3) is 5.91 Å². The molecule has 0 aliphatic carbocycles. The van der Waals surface area contributed by atoms with Gasteiger partial charge in [-0.3, -0.25) is 10.1 Å². The molecule has 0 radical (unpaired) electrons. The third-order valence-electron chi connectivity index (χ3n) is 3.57. The zero-order valence-corrected chi connectivity index (χ0v) is 15.2. The molecule has 134 valence electrons. The van der Waals surface area contributed by atoms with Gasteiger partial charge in [0.1, 0.15) is 16.5 Å². The molecular weight excluding hydrogens is 350 g/mol. The van der Waals surface area contributed by atoms with Gasteiger partial charge >= 0.3 is 0 Å². The van der Waals surface area contributed by atoms with E-state index >= 15 is 0 Å². The molecule has 0 aliphatic rings. The monoisotopic (exact) mass is 369 g/mol. The van der Waals surface area contributed by atoms with Crippen LogP contribution in [0.4, 0.5) is 5.13 Å². The number of nitrogens with zero attached hydrogens (tertiary/aromatic N) is 2. The number of benzene rings is 2. The number of amides is 1. The lowest BCUT2D eigenvalue weighted by Gasteiger charge is -2.04. The van der Waals surface area contributed by atoms with Crippen molar-refractivity contribution in [1.82, 2.24) is 10.2 Å². The fourth-order valence-corrected chi connectivity index (χ4v) is 3.05. The van der Waals surface area contributed by atoms with Crippen molar-refractivity contribution in [3.05, 3.63) is 65.2 Å². The van der Waals surface area contributed by atoms with Crippen molar-refractivity contribution in [1.29, 1.82) is 0 Å². The molecule has 0 aliphatic heterocycles. The van der Waals surface area contributed by atoms with Gasteiger partial charge in [-0.2, -0.15) is 0 Å². The van der Waals surface area contributed by atoms with E-state index in [0.29, 0.717) is 23.1 Å². The van der Waals surface area contributed by atoms with Crippen LogP contribution in [0, 0.1) is 0 Å². The molecular formula is C19H19N3O3S. The number of hydrogen-bond donors (Lipinski definition) is 1. The molecule has 26 heavy (non-hydrogen) atoms. The molecule has 0 bridgehead atoms. The highest BCUT2D eigenvalue weighted by molar-refractivity contribution is 7.15. The van der Waals surface area contributed by atoms with Crippen LogP contribution in [0.1, 0.15) is 21.8 Å². The van der Waals surface area contributed by atoms with Crippen LogP contribution in [-0.2, 0) is 6.42 Å². The Balaban J connectivity index is 1.47. The van der Waals surface area contributed by atoms with E-state index in [1.807, 2.05) is 30.3 Å². The minimum absolute atomic E-state index is 0.237. The van der Waals surface area contributed by atoms with Gasteiger partial charge in [0.15, 0.2) is 0 Å². The molecule has 3 aromatic rings. The van der Waals surface area contributed by atoms with Crippen molar-refractivity contribution >= 4 is 22.4 Å². The number of methoxy groups -OCH3 is 1. The highest BCUT2D eigenvalue weighted by atomic mass is 32.1. The summed E-state index contributed by atoms with van der Waals surface area (Å²) in [5, 5.41) is 12.3. The SMILES string of the molecule is COc1cccc(C(=O)Nc2nnc(CCCOc3ccccc3)s2)c1. The molecule has 0 fully saturated rings. The summed E-state index contributed by atoms with van der Waals surface area (Å²) in [6.07, 6.45) is 1.58. The summed E-state index contributed by atoms with van der Waals surface area (Å²) in [6, 6.07) is 16.7. The van der Waals surface area contributed by atoms with Gasteiger partial charge in [-0.15, -0.1) is 10.2 Å². The second-order valence-electron chi connectivity index (χ2n) is 5.45. The second kappa shape index (κ2) is 8.96. The first kappa shape index (κ1) is 17.9. The molecule has 1 N–H and O–H groups in total. The lowest BCUT2D eigenvalue weighted by Crippen LogP contribution is -2.11. The number of nitrogens with one attached hydrogen (secondary N) is 1. The minimum atomic E-state index is -0.237. The van der Waals surface area contributed by atoms with Gasteiger partial charge in [-0.25, -0.2) is 0 Å². The molecule has 1 amide bonds. The Bertz CT molecular complexity index is 852. The van der Waals surface area contributed by atoms with Gasteiger partial charge in [0.2, 0.25) is 5.13 Å². The molecule has 1 aromatic heterocycles. The summed E-state index contributed by atoms with van der Waals surface area (Å²) in [5.41, 5.74) is 0.511. The first-order valence-electron chi connectivity index (χ1n) is 8.20. The van der Waals surface area contributed by atoms with Crippen LogP contribution >= 0.6 is 11.3 Å². The maximum Gasteiger partial charge on any atom is 0.257 e. The molecule has 0 atom stereocenters. The van der Waals surface area contributed by atoms with E-state index in [2.05, 4.69) is 15.5 Å². The van der Waals surface area contributed by atoms with Crippen molar-refractivity contribution in [2.75, 3.05) is 19.0 Å². The maximum atomic E-state index is 12.3. The van der Waals surface area contributed by atoms with Crippen molar-refractivity contribution in [2.24, 2.45) is 0 Å². The molecule has 7 heteroatoms.